The molecule has 1 aromatic heterocycles. The molecule has 5 nitrogen and oxygen atoms in total. The van der Waals surface area contributed by atoms with Gasteiger partial charge in [0, 0.05) is 24.4 Å². The molecule has 0 spiro atoms. The van der Waals surface area contributed by atoms with E-state index in [1.54, 1.807) is 17.2 Å². The van der Waals surface area contributed by atoms with E-state index in [1.807, 2.05) is 0 Å². The predicted octanol–water partition coefficient (Wildman–Crippen LogP) is 3.37. The lowest BCUT2D eigenvalue weighted by molar-refractivity contribution is -0.141. The highest BCUT2D eigenvalue weighted by atomic mass is 32.1. The Morgan fingerprint density at radius 2 is 2.00 bits per heavy atom. The number of hydrogen-bond acceptors (Lipinski definition) is 4. The van der Waals surface area contributed by atoms with Crippen LogP contribution in [0.5, 0.6) is 0 Å². The van der Waals surface area contributed by atoms with Gasteiger partial charge in [0.1, 0.15) is 5.69 Å². The Bertz CT molecular complexity index is 765. The molecule has 1 aromatic carbocycles. The number of nitrogens with zero attached hydrogens (tertiary/aromatic N) is 2. The number of rotatable bonds is 7. The van der Waals surface area contributed by atoms with Crippen LogP contribution in [-0.4, -0.2) is 39.5 Å². The van der Waals surface area contributed by atoms with Crippen LogP contribution in [0.4, 0.5) is 0 Å². The van der Waals surface area contributed by atoms with Crippen molar-refractivity contribution in [1.29, 1.82) is 0 Å². The molecule has 25 heavy (non-hydrogen) atoms. The third-order valence-corrected chi connectivity index (χ3v) is 5.24. The average Bonchev–Trinajstić information content (AvgIpc) is 3.32. The third kappa shape index (κ3) is 4.45. The van der Waals surface area contributed by atoms with Crippen molar-refractivity contribution in [3.8, 4) is 0 Å². The fourth-order valence-corrected chi connectivity index (χ4v) is 3.48. The first-order chi connectivity index (χ1) is 11.9. The van der Waals surface area contributed by atoms with Crippen LogP contribution in [0.3, 0.4) is 0 Å². The van der Waals surface area contributed by atoms with E-state index in [-0.39, 0.29) is 18.5 Å². The number of carboxylic acid groups (broad SMARTS) is 1. The lowest BCUT2D eigenvalue weighted by Gasteiger charge is -2.23. The minimum atomic E-state index is -0.878. The van der Waals surface area contributed by atoms with Crippen molar-refractivity contribution in [3.05, 3.63) is 51.5 Å². The number of aliphatic carboxylic acids is 1. The Hall–Kier alpha value is -2.21. The van der Waals surface area contributed by atoms with Gasteiger partial charge in [-0.1, -0.05) is 36.8 Å². The second kappa shape index (κ2) is 7.35. The van der Waals surface area contributed by atoms with Gasteiger partial charge in [-0.3, -0.25) is 9.59 Å². The minimum Gasteiger partial charge on any atom is -0.481 e. The van der Waals surface area contributed by atoms with Gasteiger partial charge in [-0.25, -0.2) is 4.98 Å². The van der Waals surface area contributed by atoms with Crippen molar-refractivity contribution >= 4 is 23.2 Å². The maximum absolute atomic E-state index is 12.8. The molecule has 132 valence electrons. The first-order valence-corrected chi connectivity index (χ1v) is 9.35. The summed E-state index contributed by atoms with van der Waals surface area (Å²) in [6, 6.07) is 8.44. The summed E-state index contributed by atoms with van der Waals surface area (Å²) in [5, 5.41) is 11.8. The summed E-state index contributed by atoms with van der Waals surface area (Å²) < 4.78 is 0. The zero-order valence-corrected chi connectivity index (χ0v) is 15.3. The number of aryl methyl sites for hydroxylation is 1. The van der Waals surface area contributed by atoms with Gasteiger partial charge >= 0.3 is 5.97 Å². The maximum atomic E-state index is 12.8. The monoisotopic (exact) mass is 358 g/mol. The molecule has 1 atom stereocenters. The second-order valence-electron chi connectivity index (χ2n) is 6.72. The van der Waals surface area contributed by atoms with E-state index in [0.717, 1.165) is 23.4 Å². The number of benzene rings is 1. The number of aromatic nitrogens is 1. The summed E-state index contributed by atoms with van der Waals surface area (Å²) in [4.78, 5) is 30.1. The van der Waals surface area contributed by atoms with E-state index in [9.17, 15) is 9.59 Å². The number of hydrogen-bond donors (Lipinski definition) is 1. The van der Waals surface area contributed by atoms with Gasteiger partial charge in [0.15, 0.2) is 0 Å². The third-order valence-electron chi connectivity index (χ3n) is 4.39. The van der Waals surface area contributed by atoms with Crippen LogP contribution in [-0.2, 0) is 11.2 Å². The minimum absolute atomic E-state index is 0.151. The topological polar surface area (TPSA) is 70.5 Å². The molecular formula is C19H22N2O3S. The highest BCUT2D eigenvalue weighted by molar-refractivity contribution is 7.09. The molecule has 1 saturated carbocycles. The van der Waals surface area contributed by atoms with Gasteiger partial charge in [0.2, 0.25) is 0 Å². The van der Waals surface area contributed by atoms with Crippen LogP contribution in [0.25, 0.3) is 0 Å². The van der Waals surface area contributed by atoms with Gasteiger partial charge in [-0.2, -0.15) is 0 Å². The van der Waals surface area contributed by atoms with Crippen molar-refractivity contribution in [2.24, 2.45) is 5.92 Å². The van der Waals surface area contributed by atoms with Crippen LogP contribution in [0.1, 0.15) is 46.4 Å². The van der Waals surface area contributed by atoms with Crippen LogP contribution in [0.15, 0.2) is 29.6 Å². The van der Waals surface area contributed by atoms with Crippen molar-refractivity contribution in [2.45, 2.75) is 39.2 Å². The van der Waals surface area contributed by atoms with E-state index in [0.29, 0.717) is 12.1 Å². The summed E-state index contributed by atoms with van der Waals surface area (Å²) >= 11 is 1.48. The number of carbonyl (C=O) groups is 2. The van der Waals surface area contributed by atoms with Gasteiger partial charge in [-0.05, 0) is 25.3 Å². The Morgan fingerprint density at radius 3 is 2.60 bits per heavy atom. The summed E-state index contributed by atoms with van der Waals surface area (Å²) in [5.41, 5.74) is 2.81. The summed E-state index contributed by atoms with van der Waals surface area (Å²) in [6.45, 7) is 3.92. The Labute approximate surface area is 151 Å². The summed E-state index contributed by atoms with van der Waals surface area (Å²) in [7, 11) is 0. The molecule has 0 saturated heterocycles. The van der Waals surface area contributed by atoms with Crippen LogP contribution in [0.2, 0.25) is 0 Å². The van der Waals surface area contributed by atoms with E-state index in [2.05, 4.69) is 36.2 Å². The van der Waals surface area contributed by atoms with E-state index < -0.39 is 11.9 Å². The molecular weight excluding hydrogens is 336 g/mol. The SMILES string of the molecule is Cc1ccc(Cc2nc(C(=O)N(CC(C)C(=O)O)C3CC3)cs2)cc1. The lowest BCUT2D eigenvalue weighted by atomic mass is 10.1. The van der Waals surface area contributed by atoms with Crippen LogP contribution >= 0.6 is 11.3 Å². The van der Waals surface area contributed by atoms with Gasteiger partial charge in [0.05, 0.1) is 10.9 Å². The van der Waals surface area contributed by atoms with Gasteiger partial charge in [0.25, 0.3) is 5.91 Å². The Balaban J connectivity index is 1.70. The predicted molar refractivity (Wildman–Crippen MR) is 97.0 cm³/mol. The Morgan fingerprint density at radius 1 is 1.32 bits per heavy atom. The van der Waals surface area contributed by atoms with Crippen molar-refractivity contribution in [2.75, 3.05) is 6.54 Å². The first kappa shape index (κ1) is 17.6. The zero-order chi connectivity index (χ0) is 18.0. The molecule has 1 unspecified atom stereocenters. The van der Waals surface area contributed by atoms with Crippen LogP contribution in [0, 0.1) is 12.8 Å². The van der Waals surface area contributed by atoms with Crippen molar-refractivity contribution in [3.63, 3.8) is 0 Å². The second-order valence-corrected chi connectivity index (χ2v) is 7.66. The molecule has 1 heterocycles. The van der Waals surface area contributed by atoms with E-state index in [1.165, 1.54) is 16.9 Å². The maximum Gasteiger partial charge on any atom is 0.308 e. The van der Waals surface area contributed by atoms with Crippen molar-refractivity contribution in [1.82, 2.24) is 9.88 Å². The summed E-state index contributed by atoms with van der Waals surface area (Å²) in [6.07, 6.45) is 2.59. The van der Waals surface area contributed by atoms with Crippen LogP contribution < -0.4 is 0 Å². The largest absolute Gasteiger partial charge is 0.481 e. The highest BCUT2D eigenvalue weighted by Crippen LogP contribution is 2.29. The quantitative estimate of drug-likeness (QED) is 0.824. The fourth-order valence-electron chi connectivity index (χ4n) is 2.68. The molecule has 6 heteroatoms. The molecule has 3 rings (SSSR count). The molecule has 0 bridgehead atoms. The molecule has 1 aliphatic rings. The molecule has 0 aliphatic heterocycles. The average molecular weight is 358 g/mol. The van der Waals surface area contributed by atoms with Gasteiger partial charge in [-0.15, -0.1) is 11.3 Å². The molecule has 1 aliphatic carbocycles. The number of amides is 1. The first-order valence-electron chi connectivity index (χ1n) is 8.47. The molecule has 2 aromatic rings. The highest BCUT2D eigenvalue weighted by Gasteiger charge is 2.35. The standard InChI is InChI=1S/C19H22N2O3S/c1-12-3-5-14(6-4-12)9-17-20-16(11-25-17)18(22)21(15-7-8-15)10-13(2)19(23)24/h3-6,11,13,15H,7-10H2,1-2H3,(H,23,24). The number of thiazole rings is 1. The molecule has 1 N–H and O–H groups in total. The molecule has 0 radical (unpaired) electrons. The zero-order valence-electron chi connectivity index (χ0n) is 14.4. The lowest BCUT2D eigenvalue weighted by Crippen LogP contribution is -2.38. The van der Waals surface area contributed by atoms with Gasteiger partial charge < -0.3 is 10.0 Å². The van der Waals surface area contributed by atoms with E-state index >= 15 is 0 Å². The molecule has 1 amide bonds. The fraction of sp³-hybridized carbons (Fsp3) is 0.421. The number of carboxylic acids is 1. The normalized spacial score (nSPS) is 15.0. The summed E-state index contributed by atoms with van der Waals surface area (Å²) in [5.74, 6) is -1.60. The van der Waals surface area contributed by atoms with Crippen molar-refractivity contribution < 1.29 is 14.7 Å². The molecule has 1 fully saturated rings. The Kier molecular flexibility index (Phi) is 5.18. The number of carbonyl (C=O) groups excluding carboxylic acids is 1. The van der Waals surface area contributed by atoms with E-state index in [4.69, 9.17) is 5.11 Å². The smallest absolute Gasteiger partial charge is 0.308 e.